The van der Waals surface area contributed by atoms with Crippen molar-refractivity contribution in [2.24, 2.45) is 0 Å². The van der Waals surface area contributed by atoms with Crippen molar-refractivity contribution < 1.29 is 18.3 Å². The molecule has 2 heterocycles. The molecule has 0 aliphatic rings. The van der Waals surface area contributed by atoms with E-state index in [2.05, 4.69) is 4.98 Å². The van der Waals surface area contributed by atoms with Gasteiger partial charge in [0.15, 0.2) is 5.76 Å². The molecule has 0 bridgehead atoms. The molecular formula is C18H16FNO3S. The zero-order chi connectivity index (χ0) is 17.1. The molecule has 0 fully saturated rings. The summed E-state index contributed by atoms with van der Waals surface area (Å²) in [6.07, 6.45) is -0.167. The van der Waals surface area contributed by atoms with Gasteiger partial charge in [0.2, 0.25) is 5.89 Å². The number of benzene rings is 1. The van der Waals surface area contributed by atoms with Gasteiger partial charge in [-0.2, -0.15) is 11.3 Å². The Morgan fingerprint density at radius 2 is 2.00 bits per heavy atom. The molecule has 3 rings (SSSR count). The van der Waals surface area contributed by atoms with Gasteiger partial charge in [-0.25, -0.2) is 9.37 Å². The van der Waals surface area contributed by atoms with Crippen molar-refractivity contribution in [3.63, 3.8) is 0 Å². The van der Waals surface area contributed by atoms with Crippen LogP contribution in [0, 0.1) is 5.82 Å². The third kappa shape index (κ3) is 3.71. The highest BCUT2D eigenvalue weighted by Gasteiger charge is 2.20. The monoisotopic (exact) mass is 345 g/mol. The summed E-state index contributed by atoms with van der Waals surface area (Å²) in [6, 6.07) is 7.77. The lowest BCUT2D eigenvalue weighted by atomic mass is 10.2. The number of oxazole rings is 1. The number of thiophene rings is 1. The normalized spacial score (nSPS) is 11.0. The zero-order valence-electron chi connectivity index (χ0n) is 13.3. The number of ether oxygens (including phenoxy) is 1. The first kappa shape index (κ1) is 16.4. The maximum absolute atomic E-state index is 13.1. The van der Waals surface area contributed by atoms with Gasteiger partial charge in [-0.1, -0.05) is 0 Å². The number of halogens is 1. The maximum Gasteiger partial charge on any atom is 0.312 e. The number of hydrogen-bond acceptors (Lipinski definition) is 5. The number of hydrogen-bond donors (Lipinski definition) is 0. The van der Waals surface area contributed by atoms with Crippen LogP contribution in [0.3, 0.4) is 0 Å². The van der Waals surface area contributed by atoms with Crippen molar-refractivity contribution in [2.45, 2.75) is 26.4 Å². The lowest BCUT2D eigenvalue weighted by molar-refractivity contribution is -0.146. The van der Waals surface area contributed by atoms with Gasteiger partial charge in [0, 0.05) is 16.5 Å². The van der Waals surface area contributed by atoms with Gasteiger partial charge in [0.05, 0.1) is 18.2 Å². The minimum Gasteiger partial charge on any atom is -0.463 e. The lowest BCUT2D eigenvalue weighted by Gasteiger charge is -2.06. The van der Waals surface area contributed by atoms with E-state index >= 15 is 0 Å². The summed E-state index contributed by atoms with van der Waals surface area (Å²) in [5, 5.41) is 3.85. The first-order valence-electron chi connectivity index (χ1n) is 7.50. The molecule has 0 radical (unpaired) electrons. The van der Waals surface area contributed by atoms with Gasteiger partial charge in [0.1, 0.15) is 5.82 Å². The van der Waals surface area contributed by atoms with Crippen LogP contribution in [0.1, 0.15) is 19.5 Å². The second kappa shape index (κ2) is 6.97. The fourth-order valence-corrected chi connectivity index (χ4v) is 2.88. The fraction of sp³-hybridized carbons (Fsp3) is 0.222. The summed E-state index contributed by atoms with van der Waals surface area (Å²) >= 11 is 1.53. The van der Waals surface area contributed by atoms with Crippen LogP contribution in [0.2, 0.25) is 0 Å². The average molecular weight is 345 g/mol. The molecule has 2 aromatic heterocycles. The van der Waals surface area contributed by atoms with Crippen LogP contribution in [0.5, 0.6) is 0 Å². The summed E-state index contributed by atoms with van der Waals surface area (Å²) in [5.74, 6) is 0.198. The molecule has 0 unspecified atom stereocenters. The lowest BCUT2D eigenvalue weighted by Crippen LogP contribution is -2.14. The minimum atomic E-state index is -0.361. The predicted octanol–water partition coefficient (Wildman–Crippen LogP) is 4.70. The summed E-state index contributed by atoms with van der Waals surface area (Å²) in [6.45, 7) is 3.59. The molecule has 0 N–H and O–H groups in total. The van der Waals surface area contributed by atoms with Crippen LogP contribution in [-0.2, 0) is 16.0 Å². The van der Waals surface area contributed by atoms with E-state index in [0.29, 0.717) is 22.9 Å². The molecule has 1 aromatic carbocycles. The third-order valence-corrected chi connectivity index (χ3v) is 3.93. The Hall–Kier alpha value is -2.47. The predicted molar refractivity (Wildman–Crippen MR) is 90.1 cm³/mol. The highest BCUT2D eigenvalue weighted by molar-refractivity contribution is 7.08. The second-order valence-electron chi connectivity index (χ2n) is 5.53. The van der Waals surface area contributed by atoms with E-state index in [4.69, 9.17) is 9.15 Å². The first-order chi connectivity index (χ1) is 11.5. The molecule has 0 spiro atoms. The van der Waals surface area contributed by atoms with E-state index in [1.165, 1.54) is 23.5 Å². The van der Waals surface area contributed by atoms with Gasteiger partial charge in [-0.05, 0) is 49.6 Å². The van der Waals surface area contributed by atoms with Crippen LogP contribution < -0.4 is 0 Å². The smallest absolute Gasteiger partial charge is 0.312 e. The first-order valence-corrected chi connectivity index (χ1v) is 8.45. The highest BCUT2D eigenvalue weighted by atomic mass is 32.1. The number of nitrogens with zero attached hydrogens (tertiary/aromatic N) is 1. The summed E-state index contributed by atoms with van der Waals surface area (Å²) in [7, 11) is 0. The standard InChI is InChI=1S/C18H16FNO3S/c1-11(2)22-16(21)9-15-17(13-7-8-24-10-13)23-18(20-15)12-3-5-14(19)6-4-12/h3-8,10-11H,9H2,1-2H3. The van der Waals surface area contributed by atoms with Crippen LogP contribution in [0.4, 0.5) is 4.39 Å². The Balaban J connectivity index is 1.96. The quantitative estimate of drug-likeness (QED) is 0.629. The third-order valence-electron chi connectivity index (χ3n) is 3.25. The molecule has 0 saturated heterocycles. The highest BCUT2D eigenvalue weighted by Crippen LogP contribution is 2.31. The number of esters is 1. The Morgan fingerprint density at radius 3 is 2.62 bits per heavy atom. The van der Waals surface area contributed by atoms with E-state index in [1.807, 2.05) is 16.8 Å². The maximum atomic E-state index is 13.1. The number of aromatic nitrogens is 1. The average Bonchev–Trinajstić information content (AvgIpc) is 3.16. The van der Waals surface area contributed by atoms with Gasteiger partial charge < -0.3 is 9.15 Å². The number of carbonyl (C=O) groups excluding carboxylic acids is 1. The van der Waals surface area contributed by atoms with Crippen molar-refractivity contribution in [3.05, 3.63) is 52.6 Å². The topological polar surface area (TPSA) is 52.3 Å². The van der Waals surface area contributed by atoms with Crippen molar-refractivity contribution >= 4 is 17.3 Å². The van der Waals surface area contributed by atoms with Gasteiger partial charge in [0.25, 0.3) is 0 Å². The van der Waals surface area contributed by atoms with E-state index in [1.54, 1.807) is 26.0 Å². The molecule has 0 amide bonds. The van der Waals surface area contributed by atoms with E-state index in [-0.39, 0.29) is 24.3 Å². The number of rotatable bonds is 5. The van der Waals surface area contributed by atoms with Crippen molar-refractivity contribution in [1.29, 1.82) is 0 Å². The minimum absolute atomic E-state index is 0.0219. The molecule has 0 aliphatic heterocycles. The van der Waals surface area contributed by atoms with Crippen LogP contribution in [0.15, 0.2) is 45.5 Å². The fourth-order valence-electron chi connectivity index (χ4n) is 2.25. The Bertz CT molecular complexity index is 823. The molecule has 124 valence electrons. The van der Waals surface area contributed by atoms with E-state index in [9.17, 15) is 9.18 Å². The Labute approximate surface area is 142 Å². The molecule has 3 aromatic rings. The summed E-state index contributed by atoms with van der Waals surface area (Å²) in [5.41, 5.74) is 2.02. The molecule has 0 aliphatic carbocycles. The molecule has 6 heteroatoms. The van der Waals surface area contributed by atoms with Crippen LogP contribution >= 0.6 is 11.3 Å². The van der Waals surface area contributed by atoms with Crippen molar-refractivity contribution in [2.75, 3.05) is 0 Å². The van der Waals surface area contributed by atoms with Crippen molar-refractivity contribution in [1.82, 2.24) is 4.98 Å². The summed E-state index contributed by atoms with van der Waals surface area (Å²) in [4.78, 5) is 16.4. The number of carbonyl (C=O) groups is 1. The summed E-state index contributed by atoms with van der Waals surface area (Å²) < 4.78 is 24.1. The van der Waals surface area contributed by atoms with E-state index < -0.39 is 0 Å². The largest absolute Gasteiger partial charge is 0.463 e. The molecule has 0 atom stereocenters. The Kier molecular flexibility index (Phi) is 4.76. The van der Waals surface area contributed by atoms with Gasteiger partial charge in [-0.15, -0.1) is 0 Å². The molecule has 4 nitrogen and oxygen atoms in total. The van der Waals surface area contributed by atoms with Gasteiger partial charge in [-0.3, -0.25) is 4.79 Å². The van der Waals surface area contributed by atoms with Crippen molar-refractivity contribution in [3.8, 4) is 22.8 Å². The Morgan fingerprint density at radius 1 is 1.25 bits per heavy atom. The van der Waals surface area contributed by atoms with Crippen LogP contribution in [-0.4, -0.2) is 17.1 Å². The second-order valence-corrected chi connectivity index (χ2v) is 6.31. The molecule has 24 heavy (non-hydrogen) atoms. The van der Waals surface area contributed by atoms with Gasteiger partial charge >= 0.3 is 5.97 Å². The van der Waals surface area contributed by atoms with Crippen LogP contribution in [0.25, 0.3) is 22.8 Å². The molecular weight excluding hydrogens is 329 g/mol. The zero-order valence-corrected chi connectivity index (χ0v) is 14.1. The molecule has 0 saturated carbocycles. The SMILES string of the molecule is CC(C)OC(=O)Cc1nc(-c2ccc(F)cc2)oc1-c1ccsc1. The van der Waals surface area contributed by atoms with E-state index in [0.717, 1.165) is 5.56 Å².